The van der Waals surface area contributed by atoms with Gasteiger partial charge in [-0.05, 0) is 36.2 Å². The molecular formula is C25H25F2N5O2. The molecule has 2 heterocycles. The zero-order valence-corrected chi connectivity index (χ0v) is 18.6. The summed E-state index contributed by atoms with van der Waals surface area (Å²) in [6.07, 6.45) is 0.471. The third kappa shape index (κ3) is 5.95. The van der Waals surface area contributed by atoms with Crippen LogP contribution in [0.2, 0.25) is 0 Å². The van der Waals surface area contributed by atoms with E-state index in [0.29, 0.717) is 55.8 Å². The maximum Gasteiger partial charge on any atom is 0.234 e. The molecule has 2 aliphatic rings. The minimum atomic E-state index is -0.513. The number of benzene rings is 2. The van der Waals surface area contributed by atoms with Crippen molar-refractivity contribution in [2.24, 2.45) is 0 Å². The predicted molar refractivity (Wildman–Crippen MR) is 119 cm³/mol. The number of hydrogen-bond acceptors (Lipinski definition) is 6. The number of morpholine rings is 2. The van der Waals surface area contributed by atoms with Gasteiger partial charge in [-0.2, -0.15) is 10.5 Å². The van der Waals surface area contributed by atoms with Gasteiger partial charge in [0.05, 0.1) is 42.0 Å². The molecular weight excluding hydrogens is 440 g/mol. The Morgan fingerprint density at radius 1 is 0.941 bits per heavy atom. The standard InChI is InChI=1S/C25H25F2N5O2/c26-23-7-17(9-28)1-3-19(23)5-6-31-12-21-14-32(15-22(13-31)34-21)16-25(33)30-11-20-4-2-18(10-29)8-24(20)27/h1-4,7-8,21-22H,5-6,11-16H2,(H,30,33). The lowest BCUT2D eigenvalue weighted by atomic mass is 10.1. The number of fused-ring (bicyclic) bond motifs is 2. The first kappa shape index (κ1) is 23.8. The fourth-order valence-electron chi connectivity index (χ4n) is 4.48. The van der Waals surface area contributed by atoms with Gasteiger partial charge in [-0.15, -0.1) is 0 Å². The lowest BCUT2D eigenvalue weighted by Crippen LogP contribution is -2.60. The molecule has 7 nitrogen and oxygen atoms in total. The van der Waals surface area contributed by atoms with Gasteiger partial charge in [0.15, 0.2) is 0 Å². The van der Waals surface area contributed by atoms with Crippen LogP contribution in [0.25, 0.3) is 0 Å². The maximum absolute atomic E-state index is 14.1. The van der Waals surface area contributed by atoms with Gasteiger partial charge in [-0.25, -0.2) is 8.78 Å². The number of rotatable bonds is 7. The van der Waals surface area contributed by atoms with Crippen LogP contribution in [0.15, 0.2) is 36.4 Å². The molecule has 9 heteroatoms. The highest BCUT2D eigenvalue weighted by molar-refractivity contribution is 5.78. The molecule has 0 aromatic heterocycles. The Hall–Kier alpha value is -3.37. The van der Waals surface area contributed by atoms with Gasteiger partial charge in [-0.1, -0.05) is 12.1 Å². The molecule has 4 rings (SSSR count). The average molecular weight is 466 g/mol. The van der Waals surface area contributed by atoms with Crippen molar-refractivity contribution >= 4 is 5.91 Å². The van der Waals surface area contributed by atoms with Gasteiger partial charge < -0.3 is 10.1 Å². The van der Waals surface area contributed by atoms with Crippen LogP contribution in [0.4, 0.5) is 8.78 Å². The summed E-state index contributed by atoms with van der Waals surface area (Å²) in [5, 5.41) is 20.4. The number of carbonyl (C=O) groups is 1. The highest BCUT2D eigenvalue weighted by Gasteiger charge is 2.35. The predicted octanol–water partition coefficient (Wildman–Crippen LogP) is 1.95. The minimum Gasteiger partial charge on any atom is -0.370 e. The lowest BCUT2D eigenvalue weighted by molar-refractivity contribution is -0.144. The number of halogens is 2. The minimum absolute atomic E-state index is 0.0397. The van der Waals surface area contributed by atoms with Crippen LogP contribution in [0, 0.1) is 34.3 Å². The van der Waals surface area contributed by atoms with Crippen molar-refractivity contribution in [1.82, 2.24) is 15.1 Å². The second kappa shape index (κ2) is 10.7. The van der Waals surface area contributed by atoms with E-state index in [1.54, 1.807) is 12.1 Å². The van der Waals surface area contributed by atoms with Crippen LogP contribution in [0.1, 0.15) is 22.3 Å². The SMILES string of the molecule is N#Cc1ccc(CCN2CC3CN(CC(=O)NCc4ccc(C#N)cc4F)CC(C2)O3)c(F)c1. The molecule has 2 aromatic carbocycles. The molecule has 34 heavy (non-hydrogen) atoms. The fraction of sp³-hybridized carbons (Fsp3) is 0.400. The second-order valence-corrected chi connectivity index (χ2v) is 8.70. The van der Waals surface area contributed by atoms with Gasteiger partial charge in [0, 0.05) is 44.8 Å². The Bertz CT molecular complexity index is 1130. The van der Waals surface area contributed by atoms with Crippen molar-refractivity contribution < 1.29 is 18.3 Å². The fourth-order valence-corrected chi connectivity index (χ4v) is 4.48. The van der Waals surface area contributed by atoms with Gasteiger partial charge in [0.1, 0.15) is 11.6 Å². The third-order valence-corrected chi connectivity index (χ3v) is 6.14. The van der Waals surface area contributed by atoms with Crippen molar-refractivity contribution in [3.05, 3.63) is 70.3 Å². The molecule has 2 atom stereocenters. The quantitative estimate of drug-likeness (QED) is 0.672. The summed E-state index contributed by atoms with van der Waals surface area (Å²) in [6.45, 7) is 3.56. The lowest BCUT2D eigenvalue weighted by Gasteiger charge is -2.45. The summed E-state index contributed by atoms with van der Waals surface area (Å²) in [7, 11) is 0. The topological polar surface area (TPSA) is 92.4 Å². The molecule has 2 aliphatic heterocycles. The van der Waals surface area contributed by atoms with E-state index < -0.39 is 5.82 Å². The summed E-state index contributed by atoms with van der Waals surface area (Å²) in [5.41, 5.74) is 1.48. The van der Waals surface area contributed by atoms with Gasteiger partial charge in [0.2, 0.25) is 5.91 Å². The van der Waals surface area contributed by atoms with Crippen LogP contribution in [-0.2, 0) is 22.5 Å². The van der Waals surface area contributed by atoms with E-state index in [1.807, 2.05) is 17.0 Å². The van der Waals surface area contributed by atoms with Crippen LogP contribution in [0.5, 0.6) is 0 Å². The van der Waals surface area contributed by atoms with Crippen LogP contribution < -0.4 is 5.32 Å². The first-order valence-electron chi connectivity index (χ1n) is 11.2. The summed E-state index contributed by atoms with van der Waals surface area (Å²) in [5.74, 6) is -1.07. The summed E-state index contributed by atoms with van der Waals surface area (Å²) >= 11 is 0. The second-order valence-electron chi connectivity index (χ2n) is 8.70. The molecule has 2 bridgehead atoms. The number of amides is 1. The summed E-state index contributed by atoms with van der Waals surface area (Å²) in [4.78, 5) is 16.7. The number of hydrogen-bond donors (Lipinski definition) is 1. The van der Waals surface area contributed by atoms with E-state index in [9.17, 15) is 13.6 Å². The molecule has 0 spiro atoms. The van der Waals surface area contributed by atoms with Crippen LogP contribution >= 0.6 is 0 Å². The molecule has 176 valence electrons. The van der Waals surface area contributed by atoms with Gasteiger partial charge in [0.25, 0.3) is 0 Å². The number of nitrogens with one attached hydrogen (secondary N) is 1. The van der Waals surface area contributed by atoms with E-state index in [0.717, 1.165) is 6.07 Å². The molecule has 2 saturated heterocycles. The maximum atomic E-state index is 14.1. The van der Waals surface area contributed by atoms with Crippen molar-refractivity contribution in [3.8, 4) is 12.1 Å². The van der Waals surface area contributed by atoms with Crippen molar-refractivity contribution in [2.45, 2.75) is 25.2 Å². The Morgan fingerprint density at radius 2 is 1.50 bits per heavy atom. The van der Waals surface area contributed by atoms with Crippen LogP contribution in [0.3, 0.4) is 0 Å². The molecule has 1 amide bonds. The van der Waals surface area contributed by atoms with Gasteiger partial charge in [-0.3, -0.25) is 14.6 Å². The van der Waals surface area contributed by atoms with E-state index in [2.05, 4.69) is 10.2 Å². The van der Waals surface area contributed by atoms with Crippen molar-refractivity contribution in [3.63, 3.8) is 0 Å². The van der Waals surface area contributed by atoms with E-state index >= 15 is 0 Å². The zero-order chi connectivity index (χ0) is 24.1. The first-order chi connectivity index (χ1) is 16.4. The molecule has 0 radical (unpaired) electrons. The zero-order valence-electron chi connectivity index (χ0n) is 18.6. The van der Waals surface area contributed by atoms with Crippen molar-refractivity contribution in [2.75, 3.05) is 39.3 Å². The Labute approximate surface area is 197 Å². The average Bonchev–Trinajstić information content (AvgIpc) is 2.81. The van der Waals surface area contributed by atoms with E-state index in [4.69, 9.17) is 15.3 Å². The number of ether oxygens (including phenoxy) is 1. The molecule has 1 N–H and O–H groups in total. The third-order valence-electron chi connectivity index (χ3n) is 6.14. The highest BCUT2D eigenvalue weighted by Crippen LogP contribution is 2.20. The molecule has 2 fully saturated rings. The molecule has 0 aliphatic carbocycles. The molecule has 2 aromatic rings. The van der Waals surface area contributed by atoms with Gasteiger partial charge >= 0.3 is 0 Å². The molecule has 2 unspecified atom stereocenters. The number of nitriles is 2. The Kier molecular flexibility index (Phi) is 7.49. The normalized spacial score (nSPS) is 20.4. The number of carbonyl (C=O) groups excluding carboxylic acids is 1. The van der Waals surface area contributed by atoms with E-state index in [1.165, 1.54) is 18.2 Å². The summed E-state index contributed by atoms with van der Waals surface area (Å²) in [6, 6.07) is 12.6. The van der Waals surface area contributed by atoms with Crippen molar-refractivity contribution in [1.29, 1.82) is 10.5 Å². The number of nitrogens with zero attached hydrogens (tertiary/aromatic N) is 4. The van der Waals surface area contributed by atoms with Crippen LogP contribution in [-0.4, -0.2) is 67.2 Å². The monoisotopic (exact) mass is 465 g/mol. The first-order valence-corrected chi connectivity index (χ1v) is 11.2. The largest absolute Gasteiger partial charge is 0.370 e. The van der Waals surface area contributed by atoms with E-state index in [-0.39, 0.29) is 42.6 Å². The highest BCUT2D eigenvalue weighted by atomic mass is 19.1. The summed E-state index contributed by atoms with van der Waals surface area (Å²) < 4.78 is 34.2. The Morgan fingerprint density at radius 3 is 2.06 bits per heavy atom. The smallest absolute Gasteiger partial charge is 0.234 e. The molecule has 0 saturated carbocycles. The Balaban J connectivity index is 1.23.